The van der Waals surface area contributed by atoms with E-state index in [4.69, 9.17) is 18.8 Å². The third-order valence-electron chi connectivity index (χ3n) is 3.32. The van der Waals surface area contributed by atoms with Crippen LogP contribution in [0.25, 0.3) is 0 Å². The standard InChI is InChI=1S/C9H16O7S/c1-13-6-3-5-4-15-9(7(5)14-2)8(6)16-17(10,11)12/h5-9H,3-4H2,1-2H3,(H,10,11,12)/t5-,6+,7+,8+,9+/m1/s1. The molecule has 1 saturated heterocycles. The van der Waals surface area contributed by atoms with Crippen LogP contribution in [-0.4, -0.2) is 58.2 Å². The largest absolute Gasteiger partial charge is 0.397 e. The zero-order valence-electron chi connectivity index (χ0n) is 9.61. The highest BCUT2D eigenvalue weighted by atomic mass is 32.3. The first-order chi connectivity index (χ1) is 7.96. The highest BCUT2D eigenvalue weighted by molar-refractivity contribution is 7.80. The first-order valence-electron chi connectivity index (χ1n) is 5.29. The Morgan fingerprint density at radius 1 is 1.24 bits per heavy atom. The first-order valence-corrected chi connectivity index (χ1v) is 6.65. The van der Waals surface area contributed by atoms with E-state index < -0.39 is 28.7 Å². The van der Waals surface area contributed by atoms with Crippen molar-refractivity contribution in [2.24, 2.45) is 5.92 Å². The molecule has 5 atom stereocenters. The van der Waals surface area contributed by atoms with Gasteiger partial charge in [0.25, 0.3) is 0 Å². The predicted octanol–water partition coefficient (Wildman–Crippen LogP) is -0.377. The third kappa shape index (κ3) is 2.61. The Balaban J connectivity index is 2.20. The van der Waals surface area contributed by atoms with Gasteiger partial charge in [0, 0.05) is 20.1 Å². The lowest BCUT2D eigenvalue weighted by molar-refractivity contribution is -0.124. The quantitative estimate of drug-likeness (QED) is 0.695. The van der Waals surface area contributed by atoms with Gasteiger partial charge in [-0.2, -0.15) is 8.42 Å². The Morgan fingerprint density at radius 2 is 1.94 bits per heavy atom. The Labute approximate surface area is 99.9 Å². The molecule has 1 heterocycles. The molecule has 0 spiro atoms. The van der Waals surface area contributed by atoms with Gasteiger partial charge in [0.1, 0.15) is 12.2 Å². The van der Waals surface area contributed by atoms with E-state index in [0.29, 0.717) is 13.0 Å². The van der Waals surface area contributed by atoms with E-state index in [2.05, 4.69) is 4.18 Å². The van der Waals surface area contributed by atoms with Crippen molar-refractivity contribution < 1.29 is 31.4 Å². The summed E-state index contributed by atoms with van der Waals surface area (Å²) in [4.78, 5) is 0. The molecule has 0 unspecified atom stereocenters. The fraction of sp³-hybridized carbons (Fsp3) is 1.00. The minimum Gasteiger partial charge on any atom is -0.379 e. The lowest BCUT2D eigenvalue weighted by Gasteiger charge is -2.37. The van der Waals surface area contributed by atoms with Crippen LogP contribution in [0.5, 0.6) is 0 Å². The minimum absolute atomic E-state index is 0.163. The Hall–Kier alpha value is -0.250. The van der Waals surface area contributed by atoms with Crippen molar-refractivity contribution in [3.8, 4) is 0 Å². The van der Waals surface area contributed by atoms with Gasteiger partial charge in [-0.3, -0.25) is 4.55 Å². The average molecular weight is 268 g/mol. The molecule has 2 bridgehead atoms. The van der Waals surface area contributed by atoms with Crippen molar-refractivity contribution in [3.63, 3.8) is 0 Å². The van der Waals surface area contributed by atoms with Gasteiger partial charge in [0.2, 0.25) is 0 Å². The van der Waals surface area contributed by atoms with Gasteiger partial charge < -0.3 is 14.2 Å². The molecule has 0 aromatic rings. The minimum atomic E-state index is -4.54. The molecule has 8 heteroatoms. The van der Waals surface area contributed by atoms with Crippen LogP contribution in [0.4, 0.5) is 0 Å². The predicted molar refractivity (Wildman–Crippen MR) is 55.9 cm³/mol. The van der Waals surface area contributed by atoms with Crippen LogP contribution >= 0.6 is 0 Å². The van der Waals surface area contributed by atoms with Gasteiger partial charge in [-0.1, -0.05) is 0 Å². The lowest BCUT2D eigenvalue weighted by Crippen LogP contribution is -2.52. The molecule has 2 aliphatic rings. The van der Waals surface area contributed by atoms with Crippen molar-refractivity contribution in [3.05, 3.63) is 0 Å². The molecule has 17 heavy (non-hydrogen) atoms. The second-order valence-corrected chi connectivity index (χ2v) is 5.30. The number of fused-ring (bicyclic) bond motifs is 2. The summed E-state index contributed by atoms with van der Waals surface area (Å²) in [5.41, 5.74) is 0. The molecule has 0 radical (unpaired) electrons. The number of hydrogen-bond donors (Lipinski definition) is 1. The highest BCUT2D eigenvalue weighted by Crippen LogP contribution is 2.38. The first kappa shape index (κ1) is 13.2. The summed E-state index contributed by atoms with van der Waals surface area (Å²) >= 11 is 0. The molecule has 0 amide bonds. The Morgan fingerprint density at radius 3 is 2.47 bits per heavy atom. The summed E-state index contributed by atoms with van der Waals surface area (Å²) in [6.07, 6.45) is -1.50. The number of rotatable bonds is 4. The van der Waals surface area contributed by atoms with E-state index in [9.17, 15) is 8.42 Å². The van der Waals surface area contributed by atoms with Crippen LogP contribution in [0.15, 0.2) is 0 Å². The van der Waals surface area contributed by atoms with Gasteiger partial charge in [-0.25, -0.2) is 4.18 Å². The molecular weight excluding hydrogens is 252 g/mol. The third-order valence-corrected chi connectivity index (χ3v) is 3.79. The second-order valence-electron chi connectivity index (χ2n) is 4.26. The Bertz CT molecular complexity index is 368. The fourth-order valence-electron chi connectivity index (χ4n) is 2.63. The van der Waals surface area contributed by atoms with E-state index in [1.807, 2.05) is 0 Å². The maximum Gasteiger partial charge on any atom is 0.397 e. The van der Waals surface area contributed by atoms with Crippen molar-refractivity contribution >= 4 is 10.4 Å². The maximum atomic E-state index is 10.8. The number of hydrogen-bond acceptors (Lipinski definition) is 6. The van der Waals surface area contributed by atoms with Crippen molar-refractivity contribution in [1.82, 2.24) is 0 Å². The van der Waals surface area contributed by atoms with Gasteiger partial charge in [-0.05, 0) is 6.42 Å². The number of ether oxygens (including phenoxy) is 3. The van der Waals surface area contributed by atoms with E-state index in [0.717, 1.165) is 0 Å². The van der Waals surface area contributed by atoms with E-state index in [1.165, 1.54) is 14.2 Å². The molecule has 1 aliphatic carbocycles. The van der Waals surface area contributed by atoms with Crippen molar-refractivity contribution in [1.29, 1.82) is 0 Å². The van der Waals surface area contributed by atoms with Crippen molar-refractivity contribution in [2.45, 2.75) is 30.8 Å². The fourth-order valence-corrected chi connectivity index (χ4v) is 3.15. The zero-order chi connectivity index (χ0) is 12.6. The molecule has 1 saturated carbocycles. The van der Waals surface area contributed by atoms with Crippen molar-refractivity contribution in [2.75, 3.05) is 20.8 Å². The van der Waals surface area contributed by atoms with Crippen LogP contribution in [0, 0.1) is 5.92 Å². The summed E-state index contributed by atoms with van der Waals surface area (Å²) < 4.78 is 51.0. The molecular formula is C9H16O7S. The molecule has 2 fully saturated rings. The molecule has 0 aromatic heterocycles. The monoisotopic (exact) mass is 268 g/mol. The number of methoxy groups -OCH3 is 2. The normalized spacial score (nSPS) is 41.7. The summed E-state index contributed by atoms with van der Waals surface area (Å²) in [7, 11) is -1.53. The van der Waals surface area contributed by atoms with Gasteiger partial charge in [0.05, 0.1) is 18.8 Å². The Kier molecular flexibility index (Phi) is 3.71. The van der Waals surface area contributed by atoms with E-state index in [-0.39, 0.29) is 12.0 Å². The van der Waals surface area contributed by atoms with E-state index in [1.54, 1.807) is 0 Å². The van der Waals surface area contributed by atoms with Crippen LogP contribution in [0.3, 0.4) is 0 Å². The molecule has 2 rings (SSSR count). The van der Waals surface area contributed by atoms with Gasteiger partial charge >= 0.3 is 10.4 Å². The summed E-state index contributed by atoms with van der Waals surface area (Å²) in [6.45, 7) is 0.481. The second kappa shape index (κ2) is 4.79. The highest BCUT2D eigenvalue weighted by Gasteiger charge is 2.52. The zero-order valence-corrected chi connectivity index (χ0v) is 10.4. The van der Waals surface area contributed by atoms with Gasteiger partial charge in [0.15, 0.2) is 0 Å². The molecule has 7 nitrogen and oxygen atoms in total. The maximum absolute atomic E-state index is 10.8. The summed E-state index contributed by atoms with van der Waals surface area (Å²) in [5, 5.41) is 0. The smallest absolute Gasteiger partial charge is 0.379 e. The topological polar surface area (TPSA) is 91.3 Å². The van der Waals surface area contributed by atoms with Crippen LogP contribution < -0.4 is 0 Å². The van der Waals surface area contributed by atoms with Crippen LogP contribution in [0.1, 0.15) is 6.42 Å². The van der Waals surface area contributed by atoms with E-state index >= 15 is 0 Å². The average Bonchev–Trinajstić information content (AvgIpc) is 2.56. The lowest BCUT2D eigenvalue weighted by atomic mass is 9.83. The SMILES string of the molecule is CO[C@H]1[C@H]2CO[C@@H]1[C@@H](OS(=O)(=O)O)[C@@H](OC)C2. The van der Waals surface area contributed by atoms with Crippen LogP contribution in [-0.2, 0) is 28.8 Å². The molecule has 0 aromatic carbocycles. The van der Waals surface area contributed by atoms with Gasteiger partial charge in [-0.15, -0.1) is 0 Å². The summed E-state index contributed by atoms with van der Waals surface area (Å²) in [6, 6.07) is 0. The van der Waals surface area contributed by atoms with Crippen LogP contribution in [0.2, 0.25) is 0 Å². The molecule has 1 N–H and O–H groups in total. The molecule has 100 valence electrons. The molecule has 1 aliphatic heterocycles. The summed E-state index contributed by atoms with van der Waals surface area (Å²) in [5.74, 6) is 0.163.